The van der Waals surface area contributed by atoms with Gasteiger partial charge in [-0.05, 0) is 26.0 Å². The molecule has 128 valence electrons. The first-order chi connectivity index (χ1) is 12.0. The van der Waals surface area contributed by atoms with Crippen molar-refractivity contribution < 1.29 is 13.9 Å². The van der Waals surface area contributed by atoms with Gasteiger partial charge in [-0.25, -0.2) is 19.3 Å². The van der Waals surface area contributed by atoms with Gasteiger partial charge in [0.2, 0.25) is 0 Å². The maximum Gasteiger partial charge on any atom is 0.266 e. The van der Waals surface area contributed by atoms with Crippen LogP contribution in [0.25, 0.3) is 5.82 Å². The Morgan fingerprint density at radius 1 is 1.28 bits per heavy atom. The number of nitrogens with zero attached hydrogens (tertiary/aromatic N) is 4. The Labute approximate surface area is 143 Å². The number of para-hydroxylation sites is 1. The molecule has 0 saturated heterocycles. The third-order valence-corrected chi connectivity index (χ3v) is 3.49. The Bertz CT molecular complexity index is 896. The van der Waals surface area contributed by atoms with Gasteiger partial charge in [0.15, 0.2) is 17.7 Å². The lowest BCUT2D eigenvalue weighted by molar-refractivity contribution is -0.122. The number of rotatable bonds is 5. The summed E-state index contributed by atoms with van der Waals surface area (Å²) < 4.78 is 20.7. The summed E-state index contributed by atoms with van der Waals surface area (Å²) in [5.41, 5.74) is 0. The number of hydrogen-bond acceptors (Lipinski definition) is 5. The van der Waals surface area contributed by atoms with Crippen molar-refractivity contribution in [1.29, 1.82) is 0 Å². The minimum absolute atomic E-state index is 0.0163. The van der Waals surface area contributed by atoms with E-state index in [4.69, 9.17) is 4.74 Å². The van der Waals surface area contributed by atoms with E-state index < -0.39 is 17.8 Å². The minimum Gasteiger partial charge on any atom is -0.478 e. The Kier molecular flexibility index (Phi) is 4.69. The van der Waals surface area contributed by atoms with Crippen LogP contribution in [0.5, 0.6) is 5.75 Å². The molecule has 1 unspecified atom stereocenters. The predicted octanol–water partition coefficient (Wildman–Crippen LogP) is 2.52. The monoisotopic (exact) mass is 341 g/mol. The van der Waals surface area contributed by atoms with Crippen LogP contribution in [0.1, 0.15) is 12.7 Å². The van der Waals surface area contributed by atoms with E-state index in [1.807, 2.05) is 6.92 Å². The fourth-order valence-electron chi connectivity index (χ4n) is 2.18. The predicted molar refractivity (Wildman–Crippen MR) is 89.0 cm³/mol. The normalized spacial score (nSPS) is 11.8. The fraction of sp³-hybridized carbons (Fsp3) is 0.176. The summed E-state index contributed by atoms with van der Waals surface area (Å²) in [6, 6.07) is 7.52. The molecule has 2 heterocycles. The van der Waals surface area contributed by atoms with E-state index in [2.05, 4.69) is 20.3 Å². The first-order valence-electron chi connectivity index (χ1n) is 7.59. The molecule has 0 radical (unpaired) electrons. The molecule has 0 aliphatic rings. The van der Waals surface area contributed by atoms with Gasteiger partial charge in [0.25, 0.3) is 5.91 Å². The third kappa shape index (κ3) is 3.79. The number of imidazole rings is 1. The van der Waals surface area contributed by atoms with Crippen molar-refractivity contribution in [2.45, 2.75) is 20.0 Å². The average Bonchev–Trinajstić information content (AvgIpc) is 3.03. The second-order valence-corrected chi connectivity index (χ2v) is 5.29. The zero-order valence-electron chi connectivity index (χ0n) is 13.7. The molecular weight excluding hydrogens is 325 g/mol. The van der Waals surface area contributed by atoms with Crippen LogP contribution in [-0.4, -0.2) is 31.5 Å². The molecule has 7 nitrogen and oxygen atoms in total. The molecule has 1 N–H and O–H groups in total. The molecule has 0 fully saturated rings. The number of aromatic nitrogens is 4. The summed E-state index contributed by atoms with van der Waals surface area (Å²) in [6.45, 7) is 3.37. The van der Waals surface area contributed by atoms with Crippen molar-refractivity contribution in [1.82, 2.24) is 19.5 Å². The second-order valence-electron chi connectivity index (χ2n) is 5.29. The van der Waals surface area contributed by atoms with Crippen LogP contribution in [-0.2, 0) is 4.79 Å². The van der Waals surface area contributed by atoms with Crippen molar-refractivity contribution in [3.63, 3.8) is 0 Å². The van der Waals surface area contributed by atoms with Crippen molar-refractivity contribution >= 4 is 11.7 Å². The van der Waals surface area contributed by atoms with E-state index in [0.29, 0.717) is 11.6 Å². The molecule has 0 aliphatic carbocycles. The number of nitrogens with one attached hydrogen (secondary N) is 1. The Balaban J connectivity index is 1.71. The van der Waals surface area contributed by atoms with Crippen LogP contribution < -0.4 is 10.1 Å². The highest BCUT2D eigenvalue weighted by Gasteiger charge is 2.17. The van der Waals surface area contributed by atoms with Crippen LogP contribution >= 0.6 is 0 Å². The van der Waals surface area contributed by atoms with Crippen LogP contribution in [0.4, 0.5) is 10.2 Å². The molecular formula is C17H16FN5O2. The van der Waals surface area contributed by atoms with E-state index in [-0.39, 0.29) is 5.75 Å². The number of ether oxygens (including phenoxy) is 1. The van der Waals surface area contributed by atoms with Gasteiger partial charge in [-0.3, -0.25) is 9.36 Å². The van der Waals surface area contributed by atoms with Gasteiger partial charge in [0.1, 0.15) is 23.8 Å². The highest BCUT2D eigenvalue weighted by Crippen LogP contribution is 2.18. The number of aryl methyl sites for hydroxylation is 1. The van der Waals surface area contributed by atoms with Crippen molar-refractivity contribution in [2.24, 2.45) is 0 Å². The lowest BCUT2D eigenvalue weighted by Gasteiger charge is -2.15. The molecule has 0 saturated carbocycles. The highest BCUT2D eigenvalue weighted by molar-refractivity contribution is 5.93. The molecule has 3 aromatic rings. The quantitative estimate of drug-likeness (QED) is 0.771. The number of halogens is 1. The lowest BCUT2D eigenvalue weighted by Crippen LogP contribution is -2.30. The number of hydrogen-bond donors (Lipinski definition) is 1. The molecule has 8 heteroatoms. The SMILES string of the molecule is Cc1nccn1-c1cc(NC(=O)C(C)Oc2ccccc2F)ncn1. The van der Waals surface area contributed by atoms with Gasteiger partial charge in [0.05, 0.1) is 0 Å². The Morgan fingerprint density at radius 2 is 2.08 bits per heavy atom. The van der Waals surface area contributed by atoms with Gasteiger partial charge in [-0.1, -0.05) is 12.1 Å². The molecule has 1 aromatic carbocycles. The van der Waals surface area contributed by atoms with E-state index in [1.165, 1.54) is 25.4 Å². The van der Waals surface area contributed by atoms with Crippen molar-refractivity contribution in [3.05, 3.63) is 60.7 Å². The van der Waals surface area contributed by atoms with E-state index in [1.54, 1.807) is 35.2 Å². The van der Waals surface area contributed by atoms with Gasteiger partial charge in [-0.2, -0.15) is 0 Å². The Hall–Kier alpha value is -3.29. The van der Waals surface area contributed by atoms with Crippen molar-refractivity contribution in [3.8, 4) is 11.6 Å². The molecule has 0 bridgehead atoms. The number of benzene rings is 1. The third-order valence-electron chi connectivity index (χ3n) is 3.49. The smallest absolute Gasteiger partial charge is 0.266 e. The van der Waals surface area contributed by atoms with Crippen LogP contribution in [0.2, 0.25) is 0 Å². The molecule has 1 amide bonds. The maximum atomic E-state index is 13.6. The first-order valence-corrected chi connectivity index (χ1v) is 7.59. The summed E-state index contributed by atoms with van der Waals surface area (Å²) in [4.78, 5) is 24.6. The number of amides is 1. The zero-order chi connectivity index (χ0) is 17.8. The summed E-state index contributed by atoms with van der Waals surface area (Å²) in [6.07, 6.45) is 3.85. The molecule has 2 aromatic heterocycles. The molecule has 3 rings (SSSR count). The zero-order valence-corrected chi connectivity index (χ0v) is 13.7. The van der Waals surface area contributed by atoms with Crippen molar-refractivity contribution in [2.75, 3.05) is 5.32 Å². The number of anilines is 1. The summed E-state index contributed by atoms with van der Waals surface area (Å²) >= 11 is 0. The number of carbonyl (C=O) groups excluding carboxylic acids is 1. The summed E-state index contributed by atoms with van der Waals surface area (Å²) in [5.74, 6) is 0.683. The van der Waals surface area contributed by atoms with E-state index >= 15 is 0 Å². The second kappa shape index (κ2) is 7.08. The molecule has 0 aliphatic heterocycles. The van der Waals surface area contributed by atoms with E-state index in [9.17, 15) is 9.18 Å². The average molecular weight is 341 g/mol. The van der Waals surface area contributed by atoms with Crippen LogP contribution in [0, 0.1) is 12.7 Å². The minimum atomic E-state index is -0.898. The maximum absolute atomic E-state index is 13.6. The molecule has 1 atom stereocenters. The number of carbonyl (C=O) groups is 1. The standard InChI is InChI=1S/C17H16FN5O2/c1-11(25-14-6-4-3-5-13(14)18)17(24)22-15-9-16(21-10-20-15)23-8-7-19-12(23)2/h3-11H,1-2H3,(H,20,21,22,24). The van der Waals surface area contributed by atoms with Crippen LogP contribution in [0.3, 0.4) is 0 Å². The highest BCUT2D eigenvalue weighted by atomic mass is 19.1. The molecule has 25 heavy (non-hydrogen) atoms. The van der Waals surface area contributed by atoms with Gasteiger partial charge >= 0.3 is 0 Å². The topological polar surface area (TPSA) is 81.9 Å². The largest absolute Gasteiger partial charge is 0.478 e. The van der Waals surface area contributed by atoms with Gasteiger partial charge < -0.3 is 10.1 Å². The summed E-state index contributed by atoms with van der Waals surface area (Å²) in [5, 5.41) is 2.63. The van der Waals surface area contributed by atoms with Gasteiger partial charge in [-0.15, -0.1) is 0 Å². The van der Waals surface area contributed by atoms with Gasteiger partial charge in [0, 0.05) is 18.5 Å². The molecule has 0 spiro atoms. The van der Waals surface area contributed by atoms with E-state index in [0.717, 1.165) is 5.82 Å². The van der Waals surface area contributed by atoms with Crippen LogP contribution in [0.15, 0.2) is 49.1 Å². The Morgan fingerprint density at radius 3 is 2.80 bits per heavy atom. The first kappa shape index (κ1) is 16.6. The lowest BCUT2D eigenvalue weighted by atomic mass is 10.3. The summed E-state index contributed by atoms with van der Waals surface area (Å²) in [7, 11) is 0. The fourth-order valence-corrected chi connectivity index (χ4v) is 2.18.